The first-order valence-electron chi connectivity index (χ1n) is 8.28. The van der Waals surface area contributed by atoms with Crippen molar-refractivity contribution in [3.05, 3.63) is 60.2 Å². The molecule has 1 aromatic carbocycles. The van der Waals surface area contributed by atoms with Crippen molar-refractivity contribution >= 4 is 0 Å². The van der Waals surface area contributed by atoms with Crippen LogP contribution in [0.3, 0.4) is 0 Å². The smallest absolute Gasteiger partial charge is 0.321 e. The van der Waals surface area contributed by atoms with E-state index in [4.69, 9.17) is 4.74 Å². The van der Waals surface area contributed by atoms with E-state index in [2.05, 4.69) is 19.9 Å². The molecule has 6 heteroatoms. The van der Waals surface area contributed by atoms with E-state index in [1.165, 1.54) is 6.33 Å². The van der Waals surface area contributed by atoms with Gasteiger partial charge in [0.1, 0.15) is 6.33 Å². The van der Waals surface area contributed by atoms with Gasteiger partial charge in [-0.25, -0.2) is 24.3 Å². The van der Waals surface area contributed by atoms with Gasteiger partial charge in [0.05, 0.1) is 0 Å². The van der Waals surface area contributed by atoms with Crippen molar-refractivity contribution < 1.29 is 9.13 Å². The topological polar surface area (TPSA) is 60.8 Å². The number of hydrogen-bond acceptors (Lipinski definition) is 5. The highest BCUT2D eigenvalue weighted by Crippen LogP contribution is 2.44. The van der Waals surface area contributed by atoms with Crippen molar-refractivity contribution in [1.29, 1.82) is 0 Å². The molecular formula is C19H17FN4O. The summed E-state index contributed by atoms with van der Waals surface area (Å²) in [6.07, 6.45) is 9.45. The summed E-state index contributed by atoms with van der Waals surface area (Å²) < 4.78 is 21.1. The Balaban J connectivity index is 1.83. The van der Waals surface area contributed by atoms with E-state index in [-0.39, 0.29) is 11.8 Å². The average molecular weight is 336 g/mol. The molecule has 3 aromatic rings. The van der Waals surface area contributed by atoms with Crippen LogP contribution in [0.5, 0.6) is 11.8 Å². The summed E-state index contributed by atoms with van der Waals surface area (Å²) in [7, 11) is 0. The minimum absolute atomic E-state index is 0.139. The minimum Gasteiger partial charge on any atom is -0.421 e. The lowest BCUT2D eigenvalue weighted by molar-refractivity contribution is 0.371. The average Bonchev–Trinajstić information content (AvgIpc) is 2.58. The van der Waals surface area contributed by atoms with E-state index in [0.717, 1.165) is 24.8 Å². The van der Waals surface area contributed by atoms with Gasteiger partial charge in [-0.3, -0.25) is 0 Å². The van der Waals surface area contributed by atoms with E-state index < -0.39 is 5.82 Å². The maximum atomic E-state index is 15.4. The Morgan fingerprint density at radius 3 is 2.56 bits per heavy atom. The number of rotatable bonds is 4. The molecule has 2 heterocycles. The van der Waals surface area contributed by atoms with Crippen molar-refractivity contribution in [1.82, 2.24) is 19.9 Å². The highest BCUT2D eigenvalue weighted by molar-refractivity contribution is 5.68. The maximum absolute atomic E-state index is 15.4. The fourth-order valence-electron chi connectivity index (χ4n) is 3.01. The fraction of sp³-hybridized carbons (Fsp3) is 0.263. The Bertz CT molecular complexity index is 897. The van der Waals surface area contributed by atoms with Crippen LogP contribution in [-0.2, 0) is 0 Å². The molecule has 0 spiro atoms. The molecule has 0 unspecified atom stereocenters. The third-order valence-electron chi connectivity index (χ3n) is 4.61. The first-order valence-corrected chi connectivity index (χ1v) is 8.28. The number of aromatic nitrogens is 4. The van der Waals surface area contributed by atoms with Gasteiger partial charge in [-0.1, -0.05) is 18.6 Å². The van der Waals surface area contributed by atoms with Gasteiger partial charge in [0.15, 0.2) is 11.6 Å². The molecule has 1 fully saturated rings. The van der Waals surface area contributed by atoms with Crippen molar-refractivity contribution in [2.45, 2.75) is 32.1 Å². The lowest BCUT2D eigenvalue weighted by Crippen LogP contribution is -2.11. The van der Waals surface area contributed by atoms with Gasteiger partial charge in [-0.05, 0) is 31.7 Å². The predicted molar refractivity (Wildman–Crippen MR) is 90.9 cm³/mol. The number of benzene rings is 1. The molecule has 126 valence electrons. The SMILES string of the molecule is Cc1ncncc1-c1ccc(C2CCC2)c(Oc2ncccn2)c1F. The first kappa shape index (κ1) is 15.6. The van der Waals surface area contributed by atoms with Gasteiger partial charge in [0.2, 0.25) is 0 Å². The third kappa shape index (κ3) is 2.95. The Kier molecular flexibility index (Phi) is 4.09. The van der Waals surface area contributed by atoms with Gasteiger partial charge in [0, 0.05) is 41.0 Å². The molecule has 0 bridgehead atoms. The highest BCUT2D eigenvalue weighted by atomic mass is 19.1. The van der Waals surface area contributed by atoms with Gasteiger partial charge in [-0.2, -0.15) is 0 Å². The summed E-state index contributed by atoms with van der Waals surface area (Å²) in [6.45, 7) is 1.83. The molecular weight excluding hydrogens is 319 g/mol. The second-order valence-corrected chi connectivity index (χ2v) is 6.13. The summed E-state index contributed by atoms with van der Waals surface area (Å²) in [5.41, 5.74) is 2.66. The van der Waals surface area contributed by atoms with Crippen LogP contribution in [0.4, 0.5) is 4.39 Å². The Labute approximate surface area is 145 Å². The molecule has 4 rings (SSSR count). The monoisotopic (exact) mass is 336 g/mol. The molecule has 0 aliphatic heterocycles. The molecule has 0 radical (unpaired) electrons. The quantitative estimate of drug-likeness (QED) is 0.705. The minimum atomic E-state index is -0.422. The third-order valence-corrected chi connectivity index (χ3v) is 4.61. The molecule has 1 aliphatic rings. The van der Waals surface area contributed by atoms with E-state index in [1.807, 2.05) is 13.0 Å². The molecule has 25 heavy (non-hydrogen) atoms. The van der Waals surface area contributed by atoms with Crippen molar-refractivity contribution in [2.24, 2.45) is 0 Å². The van der Waals surface area contributed by atoms with Crippen molar-refractivity contribution in [3.8, 4) is 22.9 Å². The Hall–Kier alpha value is -2.89. The zero-order valence-electron chi connectivity index (χ0n) is 13.8. The maximum Gasteiger partial charge on any atom is 0.321 e. The van der Waals surface area contributed by atoms with Crippen LogP contribution in [-0.4, -0.2) is 19.9 Å². The van der Waals surface area contributed by atoms with E-state index in [0.29, 0.717) is 22.7 Å². The lowest BCUT2D eigenvalue weighted by Gasteiger charge is -2.28. The van der Waals surface area contributed by atoms with E-state index >= 15 is 4.39 Å². The fourth-order valence-corrected chi connectivity index (χ4v) is 3.01. The normalized spacial score (nSPS) is 14.2. The number of halogens is 1. The molecule has 0 atom stereocenters. The van der Waals surface area contributed by atoms with Crippen LogP contribution in [0.25, 0.3) is 11.1 Å². The Morgan fingerprint density at radius 2 is 1.88 bits per heavy atom. The van der Waals surface area contributed by atoms with Crippen LogP contribution in [0, 0.1) is 12.7 Å². The summed E-state index contributed by atoms with van der Waals surface area (Å²) in [5, 5.41) is 0. The summed E-state index contributed by atoms with van der Waals surface area (Å²) >= 11 is 0. The molecule has 0 amide bonds. The van der Waals surface area contributed by atoms with Crippen LogP contribution in [0.15, 0.2) is 43.1 Å². The number of nitrogens with zero attached hydrogens (tertiary/aromatic N) is 4. The van der Waals surface area contributed by atoms with Gasteiger partial charge in [0.25, 0.3) is 0 Å². The Morgan fingerprint density at radius 1 is 1.08 bits per heavy atom. The van der Waals surface area contributed by atoms with Crippen LogP contribution >= 0.6 is 0 Å². The highest BCUT2D eigenvalue weighted by Gasteiger charge is 2.27. The molecule has 0 saturated heterocycles. The van der Waals surface area contributed by atoms with Gasteiger partial charge >= 0.3 is 6.01 Å². The second kappa shape index (κ2) is 6.55. The number of ether oxygens (including phenoxy) is 1. The van der Waals surface area contributed by atoms with E-state index in [1.54, 1.807) is 30.7 Å². The molecule has 1 aliphatic carbocycles. The summed E-state index contributed by atoms with van der Waals surface area (Å²) in [5.74, 6) is 0.0989. The largest absolute Gasteiger partial charge is 0.421 e. The molecule has 5 nitrogen and oxygen atoms in total. The van der Waals surface area contributed by atoms with Crippen LogP contribution < -0.4 is 4.74 Å². The zero-order chi connectivity index (χ0) is 17.2. The first-order chi connectivity index (χ1) is 12.2. The molecule has 0 N–H and O–H groups in total. The summed E-state index contributed by atoms with van der Waals surface area (Å²) in [6, 6.07) is 5.55. The number of aryl methyl sites for hydroxylation is 1. The number of hydrogen-bond donors (Lipinski definition) is 0. The van der Waals surface area contributed by atoms with Crippen molar-refractivity contribution in [2.75, 3.05) is 0 Å². The van der Waals surface area contributed by atoms with Crippen LogP contribution in [0.2, 0.25) is 0 Å². The van der Waals surface area contributed by atoms with Crippen molar-refractivity contribution in [3.63, 3.8) is 0 Å². The lowest BCUT2D eigenvalue weighted by atomic mass is 9.79. The predicted octanol–water partition coefficient (Wildman–Crippen LogP) is 4.44. The van der Waals surface area contributed by atoms with Gasteiger partial charge < -0.3 is 4.74 Å². The summed E-state index contributed by atoms with van der Waals surface area (Å²) in [4.78, 5) is 16.3. The molecule has 2 aromatic heterocycles. The van der Waals surface area contributed by atoms with Gasteiger partial charge in [-0.15, -0.1) is 0 Å². The zero-order valence-corrected chi connectivity index (χ0v) is 13.8. The van der Waals surface area contributed by atoms with E-state index in [9.17, 15) is 0 Å². The standard InChI is InChI=1S/C19H17FN4O/c1-12-16(10-21-11-24-12)15-7-6-14(13-4-2-5-13)18(17(15)20)25-19-22-8-3-9-23-19/h3,6-11,13H,2,4-5H2,1H3. The second-order valence-electron chi connectivity index (χ2n) is 6.13. The molecule has 1 saturated carbocycles. The van der Waals surface area contributed by atoms with Crippen LogP contribution in [0.1, 0.15) is 36.4 Å².